The average molecular weight is 286 g/mol. The number of hydrogen-bond donors (Lipinski definition) is 2. The van der Waals surface area contributed by atoms with Crippen LogP contribution in [0.3, 0.4) is 0 Å². The molecule has 0 aliphatic heterocycles. The Morgan fingerprint density at radius 2 is 1.38 bits per heavy atom. The molecule has 112 valence electrons. The van der Waals surface area contributed by atoms with E-state index in [0.29, 0.717) is 13.1 Å². The molecule has 6 heteroatoms. The monoisotopic (exact) mass is 286 g/mol. The number of nitrogens with one attached hydrogen (secondary N) is 2. The minimum Gasteiger partial charge on any atom is -0.341 e. The van der Waals surface area contributed by atoms with Crippen LogP contribution in [0, 0.1) is 19.3 Å². The molecule has 0 bridgehead atoms. The van der Waals surface area contributed by atoms with E-state index < -0.39 is 0 Å². The Morgan fingerprint density at radius 3 is 1.71 bits per heavy atom. The van der Waals surface area contributed by atoms with E-state index in [2.05, 4.69) is 43.8 Å². The summed E-state index contributed by atoms with van der Waals surface area (Å²) in [6.07, 6.45) is 7.21. The fraction of sp³-hybridized carbons (Fsp3) is 0.467. The van der Waals surface area contributed by atoms with Gasteiger partial charge < -0.3 is 9.97 Å². The van der Waals surface area contributed by atoms with Crippen LogP contribution in [-0.4, -0.2) is 45.5 Å². The zero-order valence-electron chi connectivity index (χ0n) is 13.0. The minimum atomic E-state index is 0.0110. The number of nitrogens with zero attached hydrogens (tertiary/aromatic N) is 4. The van der Waals surface area contributed by atoms with E-state index in [4.69, 9.17) is 0 Å². The molecular formula is C15H22N6. The Bertz CT molecular complexity index is 578. The molecule has 2 N–H and O–H groups in total. The van der Waals surface area contributed by atoms with E-state index in [0.717, 1.165) is 23.0 Å². The lowest BCUT2D eigenvalue weighted by atomic mass is 9.94. The van der Waals surface area contributed by atoms with Crippen LogP contribution in [-0.2, 0) is 0 Å². The predicted molar refractivity (Wildman–Crippen MR) is 85.4 cm³/mol. The second-order valence-electron chi connectivity index (χ2n) is 5.95. The summed E-state index contributed by atoms with van der Waals surface area (Å²) < 4.78 is 0. The van der Waals surface area contributed by atoms with Crippen LogP contribution in [0.15, 0.2) is 22.4 Å². The third-order valence-electron chi connectivity index (χ3n) is 2.94. The van der Waals surface area contributed by atoms with Gasteiger partial charge in [0.2, 0.25) is 0 Å². The van der Waals surface area contributed by atoms with Crippen LogP contribution in [0.5, 0.6) is 0 Å². The van der Waals surface area contributed by atoms with Crippen LogP contribution in [0.2, 0.25) is 0 Å². The molecule has 0 fully saturated rings. The molecule has 2 heterocycles. The van der Waals surface area contributed by atoms with Crippen molar-refractivity contribution in [1.29, 1.82) is 0 Å². The molecule has 0 saturated heterocycles. The summed E-state index contributed by atoms with van der Waals surface area (Å²) in [7, 11) is 0. The van der Waals surface area contributed by atoms with Gasteiger partial charge in [-0.25, -0.2) is 9.97 Å². The molecule has 2 aromatic rings. The molecule has 21 heavy (non-hydrogen) atoms. The molecular weight excluding hydrogens is 264 g/mol. The number of H-pyrrole nitrogens is 2. The topological polar surface area (TPSA) is 82.1 Å². The first-order valence-corrected chi connectivity index (χ1v) is 6.97. The van der Waals surface area contributed by atoms with Gasteiger partial charge in [0.1, 0.15) is 11.6 Å². The van der Waals surface area contributed by atoms with Crippen molar-refractivity contribution >= 4 is 12.4 Å². The van der Waals surface area contributed by atoms with E-state index in [1.54, 1.807) is 12.4 Å². The third-order valence-corrected chi connectivity index (χ3v) is 2.94. The van der Waals surface area contributed by atoms with E-state index in [1.807, 2.05) is 26.3 Å². The highest BCUT2D eigenvalue weighted by molar-refractivity contribution is 5.77. The number of imidazole rings is 2. The van der Waals surface area contributed by atoms with Gasteiger partial charge in [-0.1, -0.05) is 13.8 Å². The number of rotatable bonds is 6. The molecule has 0 unspecified atom stereocenters. The molecule has 0 saturated carbocycles. The highest BCUT2D eigenvalue weighted by Crippen LogP contribution is 2.15. The molecule has 2 rings (SSSR count). The summed E-state index contributed by atoms with van der Waals surface area (Å²) in [5.41, 5.74) is 1.87. The Labute approximate surface area is 124 Å². The van der Waals surface area contributed by atoms with E-state index in [1.165, 1.54) is 0 Å². The highest BCUT2D eigenvalue weighted by atomic mass is 14.9. The summed E-state index contributed by atoms with van der Waals surface area (Å²) in [6, 6.07) is 0. The summed E-state index contributed by atoms with van der Waals surface area (Å²) in [5, 5.41) is 0. The molecule has 2 aromatic heterocycles. The van der Waals surface area contributed by atoms with Crippen molar-refractivity contribution in [3.8, 4) is 0 Å². The second kappa shape index (κ2) is 6.47. The van der Waals surface area contributed by atoms with Crippen molar-refractivity contribution in [3.05, 3.63) is 35.4 Å². The fourth-order valence-corrected chi connectivity index (χ4v) is 1.84. The van der Waals surface area contributed by atoms with Crippen molar-refractivity contribution in [2.24, 2.45) is 15.4 Å². The maximum atomic E-state index is 4.47. The third kappa shape index (κ3) is 4.98. The van der Waals surface area contributed by atoms with Crippen molar-refractivity contribution < 1.29 is 0 Å². The van der Waals surface area contributed by atoms with Crippen molar-refractivity contribution in [2.75, 3.05) is 13.1 Å². The first kappa shape index (κ1) is 15.2. The molecule has 0 atom stereocenters. The average Bonchev–Trinajstić information content (AvgIpc) is 2.98. The van der Waals surface area contributed by atoms with Crippen LogP contribution in [0.1, 0.15) is 36.9 Å². The fourth-order valence-electron chi connectivity index (χ4n) is 1.84. The maximum Gasteiger partial charge on any atom is 0.103 e. The second-order valence-corrected chi connectivity index (χ2v) is 5.95. The van der Waals surface area contributed by atoms with Gasteiger partial charge in [0.15, 0.2) is 0 Å². The normalized spacial score (nSPS) is 12.8. The Kier molecular flexibility index (Phi) is 4.67. The van der Waals surface area contributed by atoms with Crippen molar-refractivity contribution in [3.63, 3.8) is 0 Å². The maximum absolute atomic E-state index is 4.47. The van der Waals surface area contributed by atoms with Crippen molar-refractivity contribution in [1.82, 2.24) is 19.9 Å². The Morgan fingerprint density at radius 1 is 0.952 bits per heavy atom. The van der Waals surface area contributed by atoms with Gasteiger partial charge in [-0.15, -0.1) is 0 Å². The molecule has 0 aliphatic carbocycles. The van der Waals surface area contributed by atoms with Crippen LogP contribution < -0.4 is 0 Å². The largest absolute Gasteiger partial charge is 0.341 e. The Balaban J connectivity index is 1.83. The molecule has 0 aromatic carbocycles. The standard InChI is InChI=1S/C15H22N6/c1-11-18-7-13(20-11)5-16-9-15(3,4)10-17-6-14-8-19-12(2)21-14/h5-8H,9-10H2,1-4H3,(H,18,20)(H,19,21). The summed E-state index contributed by atoms with van der Waals surface area (Å²) in [4.78, 5) is 23.5. The van der Waals surface area contributed by atoms with Gasteiger partial charge in [-0.3, -0.25) is 9.98 Å². The van der Waals surface area contributed by atoms with Gasteiger partial charge >= 0.3 is 0 Å². The lowest BCUT2D eigenvalue weighted by molar-refractivity contribution is 0.396. The van der Waals surface area contributed by atoms with Gasteiger partial charge in [0.05, 0.1) is 23.8 Å². The number of aryl methyl sites for hydroxylation is 2. The number of hydrogen-bond acceptors (Lipinski definition) is 4. The molecule has 0 amide bonds. The minimum absolute atomic E-state index is 0.0110. The lowest BCUT2D eigenvalue weighted by Crippen LogP contribution is -2.19. The lowest BCUT2D eigenvalue weighted by Gasteiger charge is -2.19. The quantitative estimate of drug-likeness (QED) is 0.799. The van der Waals surface area contributed by atoms with Crippen LogP contribution >= 0.6 is 0 Å². The first-order valence-electron chi connectivity index (χ1n) is 6.97. The van der Waals surface area contributed by atoms with Crippen molar-refractivity contribution in [2.45, 2.75) is 27.7 Å². The molecule has 0 aliphatic rings. The molecule has 0 radical (unpaired) electrons. The Hall–Kier alpha value is -2.24. The van der Waals surface area contributed by atoms with Gasteiger partial charge in [0.25, 0.3) is 0 Å². The van der Waals surface area contributed by atoms with E-state index in [-0.39, 0.29) is 5.41 Å². The van der Waals surface area contributed by atoms with Gasteiger partial charge in [0, 0.05) is 30.9 Å². The van der Waals surface area contributed by atoms with E-state index in [9.17, 15) is 0 Å². The number of aliphatic imine (C=N–C) groups is 2. The SMILES string of the molecule is Cc1ncc(C=NCC(C)(C)CN=Cc2cnc(C)[nH]2)[nH]1. The smallest absolute Gasteiger partial charge is 0.103 e. The molecule has 6 nitrogen and oxygen atoms in total. The first-order chi connectivity index (χ1) is 9.94. The zero-order valence-corrected chi connectivity index (χ0v) is 13.0. The number of aromatic nitrogens is 4. The van der Waals surface area contributed by atoms with Crippen LogP contribution in [0.4, 0.5) is 0 Å². The van der Waals surface area contributed by atoms with E-state index >= 15 is 0 Å². The number of aromatic amines is 2. The summed E-state index contributed by atoms with van der Waals surface area (Å²) in [6.45, 7) is 9.57. The summed E-state index contributed by atoms with van der Waals surface area (Å²) >= 11 is 0. The van der Waals surface area contributed by atoms with Crippen LogP contribution in [0.25, 0.3) is 0 Å². The zero-order chi connectivity index (χ0) is 15.3. The molecule has 0 spiro atoms. The summed E-state index contributed by atoms with van der Waals surface area (Å²) in [5.74, 6) is 1.80. The highest BCUT2D eigenvalue weighted by Gasteiger charge is 2.15. The van der Waals surface area contributed by atoms with Gasteiger partial charge in [-0.05, 0) is 13.8 Å². The van der Waals surface area contributed by atoms with Gasteiger partial charge in [-0.2, -0.15) is 0 Å². The predicted octanol–water partition coefficient (Wildman–Crippen LogP) is 2.31.